The van der Waals surface area contributed by atoms with Gasteiger partial charge in [-0.1, -0.05) is 55.5 Å². The lowest BCUT2D eigenvalue weighted by molar-refractivity contribution is 1.08. The minimum absolute atomic E-state index is 0.868. The Balaban J connectivity index is 2.06. The summed E-state index contributed by atoms with van der Waals surface area (Å²) in [6, 6.07) is 23.4. The van der Waals surface area contributed by atoms with Crippen molar-refractivity contribution in [1.82, 2.24) is 0 Å². The third kappa shape index (κ3) is 2.51. The van der Waals surface area contributed by atoms with E-state index in [1.807, 2.05) is 0 Å². The van der Waals surface area contributed by atoms with E-state index < -0.39 is 0 Å². The van der Waals surface area contributed by atoms with Crippen LogP contribution in [0.25, 0.3) is 16.5 Å². The van der Waals surface area contributed by atoms with Gasteiger partial charge in [0.2, 0.25) is 0 Å². The summed E-state index contributed by atoms with van der Waals surface area (Å²) < 4.78 is 0. The van der Waals surface area contributed by atoms with E-state index >= 15 is 0 Å². The number of fused-ring (bicyclic) bond motifs is 2. The maximum absolute atomic E-state index is 6.55. The van der Waals surface area contributed by atoms with Gasteiger partial charge in [0.15, 0.2) is 0 Å². The van der Waals surface area contributed by atoms with Gasteiger partial charge in [0.1, 0.15) is 0 Å². The van der Waals surface area contributed by atoms with E-state index in [1.54, 1.807) is 0 Å². The first kappa shape index (κ1) is 15.5. The van der Waals surface area contributed by atoms with Crippen LogP contribution in [0.1, 0.15) is 25.8 Å². The van der Waals surface area contributed by atoms with Gasteiger partial charge in [-0.2, -0.15) is 0 Å². The van der Waals surface area contributed by atoms with E-state index in [0.717, 1.165) is 34.6 Å². The summed E-state index contributed by atoms with van der Waals surface area (Å²) in [6.07, 6.45) is 3.22. The molecule has 0 spiro atoms. The minimum Gasteiger partial charge on any atom is -0.398 e. The van der Waals surface area contributed by atoms with Gasteiger partial charge in [-0.3, -0.25) is 0 Å². The molecule has 1 aliphatic rings. The molecule has 0 saturated heterocycles. The second kappa shape index (κ2) is 6.14. The van der Waals surface area contributed by atoms with Crippen molar-refractivity contribution in [2.24, 2.45) is 5.73 Å². The highest BCUT2D eigenvalue weighted by Crippen LogP contribution is 2.44. The molecular weight excluding hydrogens is 304 g/mol. The van der Waals surface area contributed by atoms with E-state index in [1.165, 1.54) is 16.5 Å². The second-order valence-electron chi connectivity index (χ2n) is 6.42. The fourth-order valence-corrected chi connectivity index (χ4v) is 3.56. The van der Waals surface area contributed by atoms with Gasteiger partial charge in [-0.15, -0.1) is 0 Å². The molecule has 0 atom stereocenters. The van der Waals surface area contributed by atoms with Crippen LogP contribution in [0.2, 0.25) is 0 Å². The predicted molar refractivity (Wildman–Crippen MR) is 108 cm³/mol. The van der Waals surface area contributed by atoms with Crippen molar-refractivity contribution in [3.8, 4) is 0 Å². The zero-order valence-electron chi connectivity index (χ0n) is 14.7. The molecule has 3 aromatic rings. The molecule has 4 rings (SSSR count). The topological polar surface area (TPSA) is 29.3 Å². The average Bonchev–Trinajstić information content (AvgIpc) is 2.66. The zero-order chi connectivity index (χ0) is 17.4. The normalized spacial score (nSPS) is 15.8. The Bertz CT molecular complexity index is 997. The zero-order valence-corrected chi connectivity index (χ0v) is 14.7. The van der Waals surface area contributed by atoms with Gasteiger partial charge < -0.3 is 10.6 Å². The number of allylic oxidation sites excluding steroid dienone is 2. The Kier molecular flexibility index (Phi) is 3.81. The Morgan fingerprint density at radius 3 is 2.24 bits per heavy atom. The first-order chi connectivity index (χ1) is 12.2. The predicted octanol–water partition coefficient (Wildman–Crippen LogP) is 5.98. The average molecular weight is 326 g/mol. The van der Waals surface area contributed by atoms with Crippen molar-refractivity contribution < 1.29 is 0 Å². The Morgan fingerprint density at radius 2 is 1.56 bits per heavy atom. The standard InChI is InChI=1S/C23H22N2/c1-3-9-21-16(2)23(24)20-14-17-10-7-8-11-18(17)15-22(20)25(21)19-12-5-4-6-13-19/h4-15H,3,24H2,1-2H3/b21-9+. The van der Waals surface area contributed by atoms with Gasteiger partial charge >= 0.3 is 0 Å². The van der Waals surface area contributed by atoms with Gasteiger partial charge in [0, 0.05) is 22.6 Å². The van der Waals surface area contributed by atoms with E-state index in [9.17, 15) is 0 Å². The van der Waals surface area contributed by atoms with Crippen molar-refractivity contribution in [2.45, 2.75) is 20.3 Å². The summed E-state index contributed by atoms with van der Waals surface area (Å²) in [4.78, 5) is 2.33. The molecule has 0 amide bonds. The molecule has 2 N–H and O–H groups in total. The number of rotatable bonds is 2. The maximum Gasteiger partial charge on any atom is 0.0561 e. The number of nitrogens with two attached hydrogens (primary N) is 1. The van der Waals surface area contributed by atoms with Crippen LogP contribution in [0.5, 0.6) is 0 Å². The van der Waals surface area contributed by atoms with Crippen LogP contribution in [-0.4, -0.2) is 0 Å². The summed E-state index contributed by atoms with van der Waals surface area (Å²) in [6.45, 7) is 4.28. The van der Waals surface area contributed by atoms with Crippen molar-refractivity contribution in [1.29, 1.82) is 0 Å². The molecule has 1 heterocycles. The monoisotopic (exact) mass is 326 g/mol. The maximum atomic E-state index is 6.55. The highest BCUT2D eigenvalue weighted by Gasteiger charge is 2.26. The van der Waals surface area contributed by atoms with Crippen LogP contribution < -0.4 is 10.6 Å². The van der Waals surface area contributed by atoms with Crippen LogP contribution in [0.15, 0.2) is 84.1 Å². The van der Waals surface area contributed by atoms with Gasteiger partial charge in [-0.25, -0.2) is 0 Å². The third-order valence-corrected chi connectivity index (χ3v) is 4.84. The quantitative estimate of drug-likeness (QED) is 0.628. The Hall–Kier alpha value is -3.00. The largest absolute Gasteiger partial charge is 0.398 e. The summed E-state index contributed by atoms with van der Waals surface area (Å²) in [5.74, 6) is 0. The number of anilines is 2. The molecule has 2 nitrogen and oxygen atoms in total. The Morgan fingerprint density at radius 1 is 0.920 bits per heavy atom. The first-order valence-corrected chi connectivity index (χ1v) is 8.76. The minimum atomic E-state index is 0.868. The number of para-hydroxylation sites is 1. The van der Waals surface area contributed by atoms with Crippen LogP contribution >= 0.6 is 0 Å². The van der Waals surface area contributed by atoms with Crippen LogP contribution in [-0.2, 0) is 0 Å². The smallest absolute Gasteiger partial charge is 0.0561 e. The molecule has 0 fully saturated rings. The molecule has 0 aromatic heterocycles. The third-order valence-electron chi connectivity index (χ3n) is 4.84. The van der Waals surface area contributed by atoms with Crippen molar-refractivity contribution in [2.75, 3.05) is 4.90 Å². The molecule has 0 saturated carbocycles. The van der Waals surface area contributed by atoms with Crippen LogP contribution in [0.4, 0.5) is 11.4 Å². The van der Waals surface area contributed by atoms with Crippen LogP contribution in [0, 0.1) is 0 Å². The molecule has 0 aliphatic carbocycles. The lowest BCUT2D eigenvalue weighted by atomic mass is 9.93. The van der Waals surface area contributed by atoms with Crippen LogP contribution in [0.3, 0.4) is 0 Å². The van der Waals surface area contributed by atoms with Gasteiger partial charge in [0.25, 0.3) is 0 Å². The first-order valence-electron chi connectivity index (χ1n) is 8.76. The summed E-state index contributed by atoms with van der Waals surface area (Å²) >= 11 is 0. The number of benzene rings is 3. The van der Waals surface area contributed by atoms with Crippen molar-refractivity contribution in [3.63, 3.8) is 0 Å². The molecule has 124 valence electrons. The molecule has 0 bridgehead atoms. The molecule has 0 radical (unpaired) electrons. The summed E-state index contributed by atoms with van der Waals surface area (Å²) in [5.41, 5.74) is 13.1. The van der Waals surface area contributed by atoms with Gasteiger partial charge in [0.05, 0.1) is 5.69 Å². The second-order valence-corrected chi connectivity index (χ2v) is 6.42. The molecule has 1 aliphatic heterocycles. The lowest BCUT2D eigenvalue weighted by Gasteiger charge is -2.35. The van der Waals surface area contributed by atoms with E-state index in [-0.39, 0.29) is 0 Å². The number of hydrogen-bond donors (Lipinski definition) is 1. The molecule has 25 heavy (non-hydrogen) atoms. The fraction of sp³-hybridized carbons (Fsp3) is 0.130. The van der Waals surface area contributed by atoms with E-state index in [2.05, 4.69) is 91.6 Å². The SMILES string of the molecule is CC/C=C1\C(C)=C(N)c2cc3ccccc3cc2N1c1ccccc1. The van der Waals surface area contributed by atoms with Crippen molar-refractivity contribution >= 4 is 27.8 Å². The summed E-state index contributed by atoms with van der Waals surface area (Å²) in [5, 5.41) is 2.44. The highest BCUT2D eigenvalue weighted by atomic mass is 15.2. The molecular formula is C23H22N2. The lowest BCUT2D eigenvalue weighted by Crippen LogP contribution is -2.25. The number of nitrogens with zero attached hydrogens (tertiary/aromatic N) is 1. The molecule has 2 heteroatoms. The fourth-order valence-electron chi connectivity index (χ4n) is 3.56. The van der Waals surface area contributed by atoms with E-state index in [4.69, 9.17) is 5.73 Å². The van der Waals surface area contributed by atoms with E-state index in [0.29, 0.717) is 0 Å². The number of hydrogen-bond acceptors (Lipinski definition) is 2. The van der Waals surface area contributed by atoms with Gasteiger partial charge in [-0.05, 0) is 54.0 Å². The Labute approximate surface area is 148 Å². The van der Waals surface area contributed by atoms with Crippen molar-refractivity contribution in [3.05, 3.63) is 89.6 Å². The summed E-state index contributed by atoms with van der Waals surface area (Å²) in [7, 11) is 0. The molecule has 0 unspecified atom stereocenters. The highest BCUT2D eigenvalue weighted by molar-refractivity contribution is 5.98. The molecule has 3 aromatic carbocycles.